The molecule has 3 heterocycles. The van der Waals surface area contributed by atoms with Gasteiger partial charge < -0.3 is 5.32 Å². The number of benzene rings is 2. The van der Waals surface area contributed by atoms with Crippen LogP contribution in [0.1, 0.15) is 48.0 Å². The minimum Gasteiger partial charge on any atom is -0.347 e. The molecule has 172 valence electrons. The average molecular weight is 474 g/mol. The van der Waals surface area contributed by atoms with Gasteiger partial charge in [0.15, 0.2) is 0 Å². The van der Waals surface area contributed by atoms with E-state index >= 15 is 0 Å². The molecule has 4 atom stereocenters. The number of halogens is 1. The highest BCUT2D eigenvalue weighted by Gasteiger charge is 2.49. The van der Waals surface area contributed by atoms with Gasteiger partial charge >= 0.3 is 0 Å². The minimum atomic E-state index is -0.319. The first-order valence-electron chi connectivity index (χ1n) is 11.6. The van der Waals surface area contributed by atoms with Crippen molar-refractivity contribution in [3.8, 4) is 0 Å². The first-order chi connectivity index (χ1) is 16.5. The number of aromatic nitrogens is 3. The van der Waals surface area contributed by atoms with Gasteiger partial charge in [0.05, 0.1) is 23.9 Å². The van der Waals surface area contributed by atoms with Crippen LogP contribution in [0.5, 0.6) is 0 Å². The van der Waals surface area contributed by atoms with Crippen LogP contribution in [0.3, 0.4) is 0 Å². The van der Waals surface area contributed by atoms with Gasteiger partial charge in [-0.2, -0.15) is 4.98 Å². The predicted octanol–water partition coefficient (Wildman–Crippen LogP) is 4.84. The van der Waals surface area contributed by atoms with E-state index in [0.29, 0.717) is 23.8 Å². The zero-order valence-corrected chi connectivity index (χ0v) is 19.4. The Morgan fingerprint density at radius 3 is 2.18 bits per heavy atom. The van der Waals surface area contributed by atoms with Crippen LogP contribution in [0.2, 0.25) is 5.02 Å². The first-order valence-corrected chi connectivity index (χ1v) is 12.0. The Bertz CT molecular complexity index is 1270. The van der Waals surface area contributed by atoms with Crippen molar-refractivity contribution in [2.24, 2.45) is 11.8 Å². The van der Waals surface area contributed by atoms with Crippen molar-refractivity contribution in [2.45, 2.75) is 38.3 Å². The molecule has 0 saturated carbocycles. The fourth-order valence-corrected chi connectivity index (χ4v) is 5.36. The van der Waals surface area contributed by atoms with Gasteiger partial charge in [-0.05, 0) is 49.4 Å². The van der Waals surface area contributed by atoms with Crippen LogP contribution >= 0.6 is 11.6 Å². The van der Waals surface area contributed by atoms with Crippen molar-refractivity contribution in [1.29, 1.82) is 0 Å². The number of carbonyl (C=O) groups excluding carboxylic acids is 2. The number of nitrogens with one attached hydrogen (secondary N) is 1. The number of aryl methyl sites for hydroxylation is 1. The van der Waals surface area contributed by atoms with Crippen LogP contribution < -0.4 is 10.2 Å². The van der Waals surface area contributed by atoms with Crippen LogP contribution in [0.4, 0.5) is 11.9 Å². The van der Waals surface area contributed by atoms with Gasteiger partial charge in [-0.15, -0.1) is 5.10 Å². The average Bonchev–Trinajstić information content (AvgIpc) is 3.38. The third-order valence-electron chi connectivity index (χ3n) is 7.12. The Hall–Kier alpha value is -3.45. The number of imide groups is 1. The summed E-state index contributed by atoms with van der Waals surface area (Å²) in [6.45, 7) is 2.06. The number of carbonyl (C=O) groups is 2. The van der Waals surface area contributed by atoms with Crippen molar-refractivity contribution in [3.05, 3.63) is 82.4 Å². The summed E-state index contributed by atoms with van der Waals surface area (Å²) in [7, 11) is 0. The Morgan fingerprint density at radius 2 is 1.53 bits per heavy atom. The molecule has 1 N–H and O–H groups in total. The number of allylic oxidation sites excluding steroid dienone is 2. The Morgan fingerprint density at radius 1 is 0.912 bits per heavy atom. The van der Waals surface area contributed by atoms with Gasteiger partial charge in [-0.1, -0.05) is 65.7 Å². The Labute approximate surface area is 202 Å². The van der Waals surface area contributed by atoms with Crippen molar-refractivity contribution in [3.63, 3.8) is 0 Å². The largest absolute Gasteiger partial charge is 0.347 e. The van der Waals surface area contributed by atoms with E-state index in [4.69, 9.17) is 16.7 Å². The van der Waals surface area contributed by atoms with Gasteiger partial charge in [-0.3, -0.25) is 9.59 Å². The van der Waals surface area contributed by atoms with Crippen molar-refractivity contribution < 1.29 is 9.59 Å². The molecule has 2 aliphatic heterocycles. The number of amides is 2. The van der Waals surface area contributed by atoms with Gasteiger partial charge in [0.25, 0.3) is 5.95 Å². The minimum absolute atomic E-state index is 0.0233. The lowest BCUT2D eigenvalue weighted by atomic mass is 9.85. The summed E-state index contributed by atoms with van der Waals surface area (Å²) in [5, 5.41) is 8.85. The molecule has 0 spiro atoms. The lowest BCUT2D eigenvalue weighted by Gasteiger charge is -2.31. The molecule has 8 heteroatoms. The lowest BCUT2D eigenvalue weighted by Crippen LogP contribution is -2.32. The second-order valence-electron chi connectivity index (χ2n) is 9.26. The molecular weight excluding hydrogens is 450 g/mol. The molecule has 6 rings (SSSR count). The molecule has 34 heavy (non-hydrogen) atoms. The van der Waals surface area contributed by atoms with Crippen LogP contribution in [0.25, 0.3) is 0 Å². The van der Waals surface area contributed by atoms with Crippen LogP contribution in [0, 0.1) is 18.8 Å². The smallest absolute Gasteiger partial charge is 0.260 e. The van der Waals surface area contributed by atoms with Crippen LogP contribution in [0.15, 0.2) is 60.7 Å². The van der Waals surface area contributed by atoms with Gasteiger partial charge in [0, 0.05) is 5.02 Å². The molecule has 1 aromatic heterocycles. The normalized spacial score (nSPS) is 25.8. The van der Waals surface area contributed by atoms with Crippen molar-refractivity contribution in [2.75, 3.05) is 10.2 Å². The summed E-state index contributed by atoms with van der Waals surface area (Å²) in [6.07, 6.45) is 5.86. The number of nitrogens with zero attached hydrogens (tertiary/aromatic N) is 4. The molecule has 0 unspecified atom stereocenters. The fraction of sp³-hybridized carbons (Fsp3) is 0.308. The fourth-order valence-electron chi connectivity index (χ4n) is 5.24. The van der Waals surface area contributed by atoms with Crippen molar-refractivity contribution >= 4 is 35.3 Å². The molecule has 1 saturated heterocycles. The Kier molecular flexibility index (Phi) is 5.03. The maximum Gasteiger partial charge on any atom is 0.260 e. The monoisotopic (exact) mass is 473 g/mol. The third kappa shape index (κ3) is 3.42. The quantitative estimate of drug-likeness (QED) is 0.435. The topological polar surface area (TPSA) is 80.1 Å². The third-order valence-corrected chi connectivity index (χ3v) is 7.37. The summed E-state index contributed by atoms with van der Waals surface area (Å²) in [4.78, 5) is 32.1. The van der Waals surface area contributed by atoms with Crippen LogP contribution in [-0.4, -0.2) is 26.6 Å². The standard InChI is InChI=1S/C26H24ClN5O2/c1-15-6-8-17(9-7-15)22-14-21(16-10-12-18(27)13-11-16)28-25-29-26(30-32(22)25)31-23(33)19-4-2-3-5-20(19)24(31)34/h2-3,6-13,19-22H,4-5,14H2,1H3,(H,28,29,30)/t19-,20-,21+,22+/m0/s1. The zero-order valence-electron chi connectivity index (χ0n) is 18.7. The summed E-state index contributed by atoms with van der Waals surface area (Å²) >= 11 is 6.11. The number of anilines is 2. The maximum absolute atomic E-state index is 13.1. The second-order valence-corrected chi connectivity index (χ2v) is 9.69. The summed E-state index contributed by atoms with van der Waals surface area (Å²) in [6, 6.07) is 16.0. The molecule has 1 fully saturated rings. The second kappa shape index (κ2) is 8.09. The van der Waals surface area contributed by atoms with Gasteiger partial charge in [0.2, 0.25) is 17.8 Å². The number of fused-ring (bicyclic) bond motifs is 2. The summed E-state index contributed by atoms with van der Waals surface area (Å²) < 4.78 is 1.81. The number of rotatable bonds is 3. The molecule has 0 bridgehead atoms. The molecule has 3 aliphatic rings. The van der Waals surface area contributed by atoms with E-state index in [9.17, 15) is 9.59 Å². The molecule has 0 radical (unpaired) electrons. The predicted molar refractivity (Wildman–Crippen MR) is 130 cm³/mol. The van der Waals surface area contributed by atoms with E-state index in [1.807, 2.05) is 41.1 Å². The molecular formula is C26H24ClN5O2. The molecule has 2 amide bonds. The van der Waals surface area contributed by atoms with E-state index in [2.05, 4.69) is 41.5 Å². The maximum atomic E-state index is 13.1. The van der Waals surface area contributed by atoms with E-state index in [0.717, 1.165) is 17.5 Å². The zero-order chi connectivity index (χ0) is 23.4. The Balaban J connectivity index is 1.40. The SMILES string of the molecule is Cc1ccc([C@H]2C[C@H](c3ccc(Cl)cc3)Nc3nc(N4C(=O)[C@H]5CC=CC[C@@H]5C4=O)nn32)cc1. The summed E-state index contributed by atoms with van der Waals surface area (Å²) in [5.41, 5.74) is 3.36. The molecule has 2 aromatic carbocycles. The highest BCUT2D eigenvalue weighted by Crippen LogP contribution is 2.41. The highest BCUT2D eigenvalue weighted by molar-refractivity contribution is 6.30. The molecule has 7 nitrogen and oxygen atoms in total. The number of hydrogen-bond acceptors (Lipinski definition) is 5. The van der Waals surface area contributed by atoms with E-state index in [-0.39, 0.29) is 41.7 Å². The molecule has 3 aromatic rings. The van der Waals surface area contributed by atoms with E-state index < -0.39 is 0 Å². The van der Waals surface area contributed by atoms with Gasteiger partial charge in [0.1, 0.15) is 0 Å². The number of hydrogen-bond donors (Lipinski definition) is 1. The lowest BCUT2D eigenvalue weighted by molar-refractivity contribution is -0.122. The van der Waals surface area contributed by atoms with Crippen molar-refractivity contribution in [1.82, 2.24) is 14.8 Å². The van der Waals surface area contributed by atoms with E-state index in [1.165, 1.54) is 10.5 Å². The van der Waals surface area contributed by atoms with Gasteiger partial charge in [-0.25, -0.2) is 9.58 Å². The van der Waals surface area contributed by atoms with Crippen LogP contribution in [-0.2, 0) is 9.59 Å². The highest BCUT2D eigenvalue weighted by atomic mass is 35.5. The van der Waals surface area contributed by atoms with E-state index in [1.54, 1.807) is 0 Å². The molecule has 1 aliphatic carbocycles. The summed E-state index contributed by atoms with van der Waals surface area (Å²) in [5.74, 6) is -0.352. The first kappa shape index (κ1) is 21.1.